The number of halogens is 1. The number of carbonyl (C=O) groups is 1. The number of hydrogen-bond donors (Lipinski definition) is 1. The molecule has 2 heterocycles. The van der Waals surface area contributed by atoms with Crippen LogP contribution in [0.3, 0.4) is 0 Å². The summed E-state index contributed by atoms with van der Waals surface area (Å²) < 4.78 is 16.8. The van der Waals surface area contributed by atoms with E-state index in [1.165, 1.54) is 0 Å². The fourth-order valence-corrected chi connectivity index (χ4v) is 3.66. The van der Waals surface area contributed by atoms with Crippen molar-refractivity contribution in [3.63, 3.8) is 0 Å². The van der Waals surface area contributed by atoms with Gasteiger partial charge in [-0.2, -0.15) is 0 Å². The molecule has 1 atom stereocenters. The molecule has 0 radical (unpaired) electrons. The van der Waals surface area contributed by atoms with Crippen molar-refractivity contribution in [2.45, 2.75) is 19.5 Å². The number of nitrogens with one attached hydrogen (secondary N) is 1. The van der Waals surface area contributed by atoms with E-state index >= 15 is 0 Å². The Balaban J connectivity index is 0.00000256. The van der Waals surface area contributed by atoms with Crippen LogP contribution in [0.4, 0.5) is 0 Å². The van der Waals surface area contributed by atoms with Gasteiger partial charge in [0.05, 0.1) is 26.4 Å². The molecule has 1 aliphatic rings. The first kappa shape index (κ1) is 22.2. The second kappa shape index (κ2) is 9.98. The maximum absolute atomic E-state index is 12.8. The van der Waals surface area contributed by atoms with Crippen molar-refractivity contribution in [3.8, 4) is 5.75 Å². The fraction of sp³-hybridized carbons (Fsp3) is 0.348. The van der Waals surface area contributed by atoms with Crippen LogP contribution in [0.5, 0.6) is 5.75 Å². The normalized spacial score (nSPS) is 15.4. The molecule has 1 N–H and O–H groups in total. The average Bonchev–Trinajstić information content (AvgIpc) is 3.21. The Labute approximate surface area is 182 Å². The van der Waals surface area contributed by atoms with Crippen LogP contribution >= 0.6 is 12.4 Å². The first-order valence-corrected chi connectivity index (χ1v) is 9.91. The van der Waals surface area contributed by atoms with Crippen molar-refractivity contribution in [1.29, 1.82) is 0 Å². The molecular weight excluding hydrogens is 404 g/mol. The average molecular weight is 431 g/mol. The van der Waals surface area contributed by atoms with Gasteiger partial charge in [-0.25, -0.2) is 0 Å². The van der Waals surface area contributed by atoms with Crippen LogP contribution in [0, 0.1) is 0 Å². The smallest absolute Gasteiger partial charge is 0.287 e. The summed E-state index contributed by atoms with van der Waals surface area (Å²) in [5, 5.41) is 3.92. The van der Waals surface area contributed by atoms with Gasteiger partial charge in [0.25, 0.3) is 5.91 Å². The first-order chi connectivity index (χ1) is 14.2. The zero-order valence-corrected chi connectivity index (χ0v) is 18.0. The van der Waals surface area contributed by atoms with Crippen LogP contribution < -0.4 is 10.1 Å². The lowest BCUT2D eigenvalue weighted by Crippen LogP contribution is -2.35. The van der Waals surface area contributed by atoms with Crippen LogP contribution in [-0.4, -0.2) is 44.2 Å². The third kappa shape index (κ3) is 4.78. The lowest BCUT2D eigenvalue weighted by atomic mass is 10.1. The summed E-state index contributed by atoms with van der Waals surface area (Å²) in [5.41, 5.74) is 2.76. The molecule has 1 amide bonds. The first-order valence-electron chi connectivity index (χ1n) is 9.91. The lowest BCUT2D eigenvalue weighted by molar-refractivity contribution is 0.0343. The van der Waals surface area contributed by atoms with E-state index in [-0.39, 0.29) is 30.1 Å². The Bertz CT molecular complexity index is 984. The van der Waals surface area contributed by atoms with E-state index in [1.807, 2.05) is 55.5 Å². The van der Waals surface area contributed by atoms with Gasteiger partial charge in [-0.3, -0.25) is 9.69 Å². The highest BCUT2D eigenvalue weighted by Gasteiger charge is 2.20. The summed E-state index contributed by atoms with van der Waals surface area (Å²) in [4.78, 5) is 15.2. The lowest BCUT2D eigenvalue weighted by Gasteiger charge is -2.26. The summed E-state index contributed by atoms with van der Waals surface area (Å²) in [6, 6.07) is 15.5. The van der Waals surface area contributed by atoms with E-state index in [0.29, 0.717) is 11.3 Å². The number of benzene rings is 2. The van der Waals surface area contributed by atoms with Gasteiger partial charge < -0.3 is 19.2 Å². The molecule has 1 saturated heterocycles. The van der Waals surface area contributed by atoms with Crippen molar-refractivity contribution in [2.75, 3.05) is 33.4 Å². The number of morpholine rings is 1. The fourth-order valence-electron chi connectivity index (χ4n) is 3.66. The SMILES string of the molecule is COc1ccc(CN2CCOCC2)c2cc(C(=O)N[C@@H](C)c3ccccc3)oc12.Cl. The third-order valence-corrected chi connectivity index (χ3v) is 5.33. The second-order valence-corrected chi connectivity index (χ2v) is 7.27. The zero-order chi connectivity index (χ0) is 20.2. The number of amides is 1. The minimum atomic E-state index is -0.239. The van der Waals surface area contributed by atoms with Crippen molar-refractivity contribution in [2.24, 2.45) is 0 Å². The number of methoxy groups -OCH3 is 1. The van der Waals surface area contributed by atoms with Gasteiger partial charge >= 0.3 is 0 Å². The molecule has 4 rings (SSSR count). The molecule has 1 aliphatic heterocycles. The second-order valence-electron chi connectivity index (χ2n) is 7.27. The number of rotatable bonds is 6. The van der Waals surface area contributed by atoms with E-state index in [4.69, 9.17) is 13.9 Å². The number of ether oxygens (including phenoxy) is 2. The molecule has 0 unspecified atom stereocenters. The number of furan rings is 1. The van der Waals surface area contributed by atoms with Crippen LogP contribution in [0.15, 0.2) is 52.9 Å². The van der Waals surface area contributed by atoms with Crippen molar-refractivity contribution >= 4 is 29.3 Å². The predicted molar refractivity (Wildman–Crippen MR) is 118 cm³/mol. The van der Waals surface area contributed by atoms with Crippen LogP contribution in [0.2, 0.25) is 0 Å². The summed E-state index contributed by atoms with van der Waals surface area (Å²) in [7, 11) is 1.61. The van der Waals surface area contributed by atoms with E-state index < -0.39 is 0 Å². The Hall–Kier alpha value is -2.54. The molecule has 7 heteroatoms. The summed E-state index contributed by atoms with van der Waals surface area (Å²) >= 11 is 0. The molecule has 0 saturated carbocycles. The summed E-state index contributed by atoms with van der Waals surface area (Å²) in [5.74, 6) is 0.674. The van der Waals surface area contributed by atoms with Crippen molar-refractivity contribution < 1.29 is 18.7 Å². The van der Waals surface area contributed by atoms with Crippen LogP contribution in [0.1, 0.15) is 34.6 Å². The summed E-state index contributed by atoms with van der Waals surface area (Å²) in [6.07, 6.45) is 0. The molecule has 0 spiro atoms. The van der Waals surface area contributed by atoms with Crippen LogP contribution in [-0.2, 0) is 11.3 Å². The molecule has 1 fully saturated rings. The Morgan fingerprint density at radius 2 is 1.90 bits per heavy atom. The number of fused-ring (bicyclic) bond motifs is 1. The summed E-state index contributed by atoms with van der Waals surface area (Å²) in [6.45, 7) is 6.03. The van der Waals surface area contributed by atoms with Gasteiger partial charge in [-0.1, -0.05) is 36.4 Å². The van der Waals surface area contributed by atoms with Crippen LogP contribution in [0.25, 0.3) is 11.0 Å². The van der Waals surface area contributed by atoms with E-state index in [1.54, 1.807) is 7.11 Å². The highest BCUT2D eigenvalue weighted by atomic mass is 35.5. The van der Waals surface area contributed by atoms with Crippen molar-refractivity contribution in [1.82, 2.24) is 10.2 Å². The molecule has 0 bridgehead atoms. The monoisotopic (exact) mass is 430 g/mol. The Kier molecular flexibility index (Phi) is 7.37. The maximum Gasteiger partial charge on any atom is 0.287 e. The van der Waals surface area contributed by atoms with Gasteiger partial charge in [0.2, 0.25) is 0 Å². The minimum Gasteiger partial charge on any atom is -0.493 e. The topological polar surface area (TPSA) is 63.9 Å². The third-order valence-electron chi connectivity index (χ3n) is 5.33. The molecule has 30 heavy (non-hydrogen) atoms. The zero-order valence-electron chi connectivity index (χ0n) is 17.2. The minimum absolute atomic E-state index is 0. The van der Waals surface area contributed by atoms with E-state index in [0.717, 1.165) is 49.4 Å². The molecule has 6 nitrogen and oxygen atoms in total. The largest absolute Gasteiger partial charge is 0.493 e. The molecule has 2 aromatic carbocycles. The molecule has 1 aromatic heterocycles. The molecule has 3 aromatic rings. The number of hydrogen-bond acceptors (Lipinski definition) is 5. The van der Waals surface area contributed by atoms with Gasteiger partial charge in [0.15, 0.2) is 17.1 Å². The highest BCUT2D eigenvalue weighted by Crippen LogP contribution is 2.32. The van der Waals surface area contributed by atoms with E-state index in [2.05, 4.69) is 10.2 Å². The Morgan fingerprint density at radius 3 is 2.60 bits per heavy atom. The van der Waals surface area contributed by atoms with Gasteiger partial charge in [-0.15, -0.1) is 12.4 Å². The quantitative estimate of drug-likeness (QED) is 0.635. The number of nitrogens with zero attached hydrogens (tertiary/aromatic N) is 1. The van der Waals surface area contributed by atoms with Gasteiger partial charge in [0, 0.05) is 25.0 Å². The van der Waals surface area contributed by atoms with Crippen molar-refractivity contribution in [3.05, 3.63) is 65.4 Å². The highest BCUT2D eigenvalue weighted by molar-refractivity contribution is 5.98. The molecular formula is C23H27ClN2O4. The van der Waals surface area contributed by atoms with Gasteiger partial charge in [-0.05, 0) is 30.2 Å². The predicted octanol–water partition coefficient (Wildman–Crippen LogP) is 4.19. The number of carbonyl (C=O) groups excluding carboxylic acids is 1. The molecule has 160 valence electrons. The van der Waals surface area contributed by atoms with E-state index in [9.17, 15) is 4.79 Å². The Morgan fingerprint density at radius 1 is 1.17 bits per heavy atom. The molecule has 0 aliphatic carbocycles. The van der Waals surface area contributed by atoms with Gasteiger partial charge in [0.1, 0.15) is 0 Å². The standard InChI is InChI=1S/C23H26N2O4.ClH/c1-16(17-6-4-3-5-7-17)24-23(26)21-14-19-18(15-25-10-12-28-13-11-25)8-9-20(27-2)22(19)29-21;/h3-9,14,16H,10-13,15H2,1-2H3,(H,24,26);1H/t16-;/m0./s1. The maximum atomic E-state index is 12.8.